The van der Waals surface area contributed by atoms with Gasteiger partial charge in [-0.2, -0.15) is 5.26 Å². The molecule has 2 aromatic rings. The van der Waals surface area contributed by atoms with Gasteiger partial charge in [-0.25, -0.2) is 4.79 Å². The van der Waals surface area contributed by atoms with Crippen LogP contribution in [0.3, 0.4) is 0 Å². The molecule has 0 spiro atoms. The molecule has 2 amide bonds. The number of carbonyl (C=O) groups is 3. The summed E-state index contributed by atoms with van der Waals surface area (Å²) in [7, 11) is 0. The third-order valence-electron chi connectivity index (χ3n) is 5.73. The molecule has 0 bridgehead atoms. The molecule has 0 fully saturated rings. The molecule has 0 radical (unpaired) electrons. The second-order valence-electron chi connectivity index (χ2n) is 7.82. The average molecular weight is 450 g/mol. The Labute approximate surface area is 192 Å². The van der Waals surface area contributed by atoms with Crippen LogP contribution in [0.25, 0.3) is 11.1 Å². The topological polar surface area (TPSA) is 120 Å². The number of carboxylic acids is 1. The van der Waals surface area contributed by atoms with Crippen molar-refractivity contribution in [1.29, 1.82) is 5.26 Å². The van der Waals surface area contributed by atoms with E-state index in [0.717, 1.165) is 27.2 Å². The van der Waals surface area contributed by atoms with Crippen molar-refractivity contribution in [2.75, 3.05) is 19.7 Å². The number of likely N-dealkylation sites (N-methyl/N-ethyl adjacent to an activating group) is 1. The number of aliphatic carboxylic acids is 1. The first-order chi connectivity index (χ1) is 16.0. The number of carboxylic acid groups (broad SMARTS) is 1. The molecule has 3 rings (SSSR count). The van der Waals surface area contributed by atoms with Crippen LogP contribution in [0.2, 0.25) is 0 Å². The minimum Gasteiger partial charge on any atom is -0.480 e. The van der Waals surface area contributed by atoms with Crippen molar-refractivity contribution in [3.63, 3.8) is 0 Å². The summed E-state index contributed by atoms with van der Waals surface area (Å²) in [6, 6.07) is 17.0. The number of fused-ring (bicyclic) bond motifs is 3. The van der Waals surface area contributed by atoms with Crippen LogP contribution >= 0.6 is 0 Å². The highest BCUT2D eigenvalue weighted by atomic mass is 16.5. The molecule has 2 aromatic carbocycles. The number of amides is 2. The highest BCUT2D eigenvalue weighted by Crippen LogP contribution is 2.44. The van der Waals surface area contributed by atoms with E-state index in [2.05, 4.69) is 5.32 Å². The molecule has 172 valence electrons. The molecule has 2 N–H and O–H groups in total. The Morgan fingerprint density at radius 1 is 1.12 bits per heavy atom. The van der Waals surface area contributed by atoms with E-state index in [0.29, 0.717) is 6.42 Å². The summed E-state index contributed by atoms with van der Waals surface area (Å²) >= 11 is 0. The molecular formula is C25H27N3O5. The highest BCUT2D eigenvalue weighted by molar-refractivity contribution is 5.88. The average Bonchev–Trinajstić information content (AvgIpc) is 3.14. The first kappa shape index (κ1) is 23.8. The molecule has 0 aliphatic heterocycles. The zero-order valence-electron chi connectivity index (χ0n) is 18.5. The van der Waals surface area contributed by atoms with E-state index in [4.69, 9.17) is 15.1 Å². The van der Waals surface area contributed by atoms with Crippen molar-refractivity contribution in [1.82, 2.24) is 10.2 Å². The van der Waals surface area contributed by atoms with Gasteiger partial charge in [0.05, 0.1) is 6.07 Å². The summed E-state index contributed by atoms with van der Waals surface area (Å²) in [4.78, 5) is 37.7. The van der Waals surface area contributed by atoms with Gasteiger partial charge >= 0.3 is 12.1 Å². The second kappa shape index (κ2) is 11.1. The predicted molar refractivity (Wildman–Crippen MR) is 121 cm³/mol. The number of ether oxygens (including phenoxy) is 1. The molecule has 1 atom stereocenters. The summed E-state index contributed by atoms with van der Waals surface area (Å²) in [6.45, 7) is 1.49. The van der Waals surface area contributed by atoms with Crippen LogP contribution in [0.4, 0.5) is 4.79 Å². The van der Waals surface area contributed by atoms with Gasteiger partial charge in [-0.3, -0.25) is 9.59 Å². The molecule has 1 aliphatic rings. The van der Waals surface area contributed by atoms with Crippen LogP contribution in [0.1, 0.15) is 43.2 Å². The fraction of sp³-hybridized carbons (Fsp3) is 0.360. The Balaban J connectivity index is 1.68. The number of alkyl carbamates (subject to hydrolysis) is 1. The molecule has 0 heterocycles. The van der Waals surface area contributed by atoms with Crippen molar-refractivity contribution in [3.05, 3.63) is 59.7 Å². The molecule has 0 saturated heterocycles. The Kier molecular flexibility index (Phi) is 8.03. The molecule has 0 aromatic heterocycles. The molecular weight excluding hydrogens is 422 g/mol. The SMILES string of the molecule is CCN(CC(=O)O)C(=O)C(CCCC#N)NC(=O)OCC1c2ccccc2-c2ccccc21. The van der Waals surface area contributed by atoms with Crippen LogP contribution in [-0.2, 0) is 14.3 Å². The minimum atomic E-state index is -1.14. The lowest BCUT2D eigenvalue weighted by Gasteiger charge is -2.25. The van der Waals surface area contributed by atoms with Gasteiger partial charge in [0.2, 0.25) is 5.91 Å². The van der Waals surface area contributed by atoms with Crippen LogP contribution in [0.15, 0.2) is 48.5 Å². The Morgan fingerprint density at radius 3 is 2.27 bits per heavy atom. The lowest BCUT2D eigenvalue weighted by atomic mass is 9.98. The molecule has 1 aliphatic carbocycles. The third kappa shape index (κ3) is 5.69. The molecule has 0 saturated carbocycles. The number of benzene rings is 2. The van der Waals surface area contributed by atoms with Gasteiger partial charge < -0.3 is 20.1 Å². The van der Waals surface area contributed by atoms with Crippen molar-refractivity contribution in [2.24, 2.45) is 0 Å². The number of nitrogens with zero attached hydrogens (tertiary/aromatic N) is 2. The fourth-order valence-electron chi connectivity index (χ4n) is 4.15. The molecule has 8 heteroatoms. The van der Waals surface area contributed by atoms with Crippen LogP contribution in [-0.4, -0.2) is 53.7 Å². The fourth-order valence-corrected chi connectivity index (χ4v) is 4.15. The van der Waals surface area contributed by atoms with E-state index in [1.165, 1.54) is 0 Å². The molecule has 8 nitrogen and oxygen atoms in total. The Hall–Kier alpha value is -3.86. The lowest BCUT2D eigenvalue weighted by Crippen LogP contribution is -2.50. The van der Waals surface area contributed by atoms with Crippen molar-refractivity contribution in [2.45, 2.75) is 38.1 Å². The van der Waals surface area contributed by atoms with Crippen LogP contribution in [0, 0.1) is 11.3 Å². The van der Waals surface area contributed by atoms with Crippen molar-refractivity contribution >= 4 is 18.0 Å². The standard InChI is InChI=1S/C25H27N3O5/c1-2-28(15-23(29)30)24(31)22(13-7-8-14-26)27-25(32)33-16-21-19-11-5-3-9-17(19)18-10-4-6-12-20(18)21/h3-6,9-12,21-22H,2,7-8,13,15-16H2,1H3,(H,27,32)(H,29,30). The number of carbonyl (C=O) groups excluding carboxylic acids is 2. The number of nitriles is 1. The Morgan fingerprint density at radius 2 is 1.73 bits per heavy atom. The summed E-state index contributed by atoms with van der Waals surface area (Å²) in [6.07, 6.45) is 0.0771. The van der Waals surface area contributed by atoms with Gasteiger partial charge in [0.25, 0.3) is 0 Å². The summed E-state index contributed by atoms with van der Waals surface area (Å²) in [5.74, 6) is -1.76. The highest BCUT2D eigenvalue weighted by Gasteiger charge is 2.30. The maximum Gasteiger partial charge on any atom is 0.407 e. The van der Waals surface area contributed by atoms with Crippen LogP contribution in [0.5, 0.6) is 0 Å². The number of nitrogens with one attached hydrogen (secondary N) is 1. The zero-order chi connectivity index (χ0) is 23.8. The van der Waals surface area contributed by atoms with Crippen molar-refractivity contribution < 1.29 is 24.2 Å². The number of rotatable bonds is 10. The van der Waals surface area contributed by atoms with Gasteiger partial charge in [0.15, 0.2) is 0 Å². The number of hydrogen-bond donors (Lipinski definition) is 2. The first-order valence-electron chi connectivity index (χ1n) is 10.9. The smallest absolute Gasteiger partial charge is 0.407 e. The van der Waals surface area contributed by atoms with E-state index in [1.807, 2.05) is 54.6 Å². The number of unbranched alkanes of at least 4 members (excludes halogenated alkanes) is 1. The summed E-state index contributed by atoms with van der Waals surface area (Å²) in [5, 5.41) is 20.4. The van der Waals surface area contributed by atoms with E-state index in [-0.39, 0.29) is 31.9 Å². The van der Waals surface area contributed by atoms with Gasteiger partial charge in [0, 0.05) is 18.9 Å². The number of hydrogen-bond acceptors (Lipinski definition) is 5. The minimum absolute atomic E-state index is 0.103. The monoisotopic (exact) mass is 449 g/mol. The zero-order valence-corrected chi connectivity index (χ0v) is 18.5. The largest absolute Gasteiger partial charge is 0.480 e. The maximum absolute atomic E-state index is 12.8. The second-order valence-corrected chi connectivity index (χ2v) is 7.82. The maximum atomic E-state index is 12.8. The van der Waals surface area contributed by atoms with Gasteiger partial charge in [-0.1, -0.05) is 48.5 Å². The van der Waals surface area contributed by atoms with Crippen LogP contribution < -0.4 is 5.32 Å². The van der Waals surface area contributed by atoms with Gasteiger partial charge in [-0.05, 0) is 42.0 Å². The summed E-state index contributed by atoms with van der Waals surface area (Å²) < 4.78 is 5.52. The Bertz CT molecular complexity index is 1020. The van der Waals surface area contributed by atoms with Gasteiger partial charge in [-0.15, -0.1) is 0 Å². The lowest BCUT2D eigenvalue weighted by molar-refractivity contribution is -0.145. The quantitative estimate of drug-likeness (QED) is 0.536. The van der Waals surface area contributed by atoms with E-state index in [9.17, 15) is 14.4 Å². The summed E-state index contributed by atoms with van der Waals surface area (Å²) in [5.41, 5.74) is 4.37. The normalized spacial score (nSPS) is 12.7. The van der Waals surface area contributed by atoms with E-state index >= 15 is 0 Å². The first-order valence-corrected chi connectivity index (χ1v) is 10.9. The van der Waals surface area contributed by atoms with Gasteiger partial charge in [0.1, 0.15) is 19.2 Å². The van der Waals surface area contributed by atoms with E-state index < -0.39 is 30.6 Å². The van der Waals surface area contributed by atoms with E-state index in [1.54, 1.807) is 6.92 Å². The predicted octanol–water partition coefficient (Wildman–Crippen LogP) is 3.52. The molecule has 33 heavy (non-hydrogen) atoms. The molecule has 1 unspecified atom stereocenters. The van der Waals surface area contributed by atoms with Crippen molar-refractivity contribution in [3.8, 4) is 17.2 Å². The third-order valence-corrected chi connectivity index (χ3v) is 5.73.